The van der Waals surface area contributed by atoms with Crippen molar-refractivity contribution in [3.63, 3.8) is 0 Å². The van der Waals surface area contributed by atoms with Crippen LogP contribution in [0.2, 0.25) is 0 Å². The molecule has 0 aliphatic carbocycles. The van der Waals surface area contributed by atoms with Crippen LogP contribution in [0.25, 0.3) is 77.2 Å². The molecule has 8 aromatic carbocycles. The molecular weight excluding hydrogens is 528 g/mol. The predicted molar refractivity (Wildman–Crippen MR) is 189 cm³/mol. The SMILES string of the molecule is c1ccc(-c2cccc(-c3c4ccccc4c(-c4ccccc4-c4ccccc4)c4ccc(-c5ccccc5)cc34)c2)cc1. The Kier molecular flexibility index (Phi) is 6.59. The van der Waals surface area contributed by atoms with E-state index in [1.807, 2.05) is 0 Å². The molecule has 206 valence electrons. The highest BCUT2D eigenvalue weighted by Gasteiger charge is 2.19. The van der Waals surface area contributed by atoms with Crippen LogP contribution in [-0.4, -0.2) is 0 Å². The first-order valence-electron chi connectivity index (χ1n) is 15.2. The van der Waals surface area contributed by atoms with E-state index in [0.29, 0.717) is 0 Å². The van der Waals surface area contributed by atoms with E-state index in [2.05, 4.69) is 182 Å². The van der Waals surface area contributed by atoms with Gasteiger partial charge in [-0.1, -0.05) is 170 Å². The fourth-order valence-corrected chi connectivity index (χ4v) is 6.65. The van der Waals surface area contributed by atoms with Crippen LogP contribution in [0.3, 0.4) is 0 Å². The van der Waals surface area contributed by atoms with E-state index in [-0.39, 0.29) is 0 Å². The van der Waals surface area contributed by atoms with Crippen molar-refractivity contribution in [1.82, 2.24) is 0 Å². The second-order valence-corrected chi connectivity index (χ2v) is 11.3. The summed E-state index contributed by atoms with van der Waals surface area (Å²) in [7, 11) is 0. The summed E-state index contributed by atoms with van der Waals surface area (Å²) in [4.78, 5) is 0. The van der Waals surface area contributed by atoms with Crippen LogP contribution in [0.4, 0.5) is 0 Å². The summed E-state index contributed by atoms with van der Waals surface area (Å²) in [5.74, 6) is 0. The zero-order valence-electron chi connectivity index (χ0n) is 24.3. The van der Waals surface area contributed by atoms with Crippen LogP contribution < -0.4 is 0 Å². The third-order valence-corrected chi connectivity index (χ3v) is 8.67. The van der Waals surface area contributed by atoms with E-state index in [1.54, 1.807) is 0 Å². The molecule has 0 amide bonds. The van der Waals surface area contributed by atoms with Gasteiger partial charge in [-0.15, -0.1) is 0 Å². The molecule has 0 atom stereocenters. The van der Waals surface area contributed by atoms with Gasteiger partial charge in [-0.25, -0.2) is 0 Å². The number of fused-ring (bicyclic) bond motifs is 2. The second kappa shape index (κ2) is 11.2. The van der Waals surface area contributed by atoms with Crippen molar-refractivity contribution < 1.29 is 0 Å². The fourth-order valence-electron chi connectivity index (χ4n) is 6.65. The second-order valence-electron chi connectivity index (χ2n) is 11.3. The smallest absolute Gasteiger partial charge is 0.00201 e. The van der Waals surface area contributed by atoms with Gasteiger partial charge in [-0.3, -0.25) is 0 Å². The molecule has 0 bridgehead atoms. The number of hydrogen-bond acceptors (Lipinski definition) is 0. The van der Waals surface area contributed by atoms with E-state index in [4.69, 9.17) is 0 Å². The van der Waals surface area contributed by atoms with Crippen molar-refractivity contribution >= 4 is 21.5 Å². The Labute approximate surface area is 258 Å². The molecule has 0 aromatic heterocycles. The average Bonchev–Trinajstić information content (AvgIpc) is 3.11. The Bertz CT molecular complexity index is 2240. The Morgan fingerprint density at radius 3 is 1.32 bits per heavy atom. The maximum Gasteiger partial charge on any atom is -0.00201 e. The normalized spacial score (nSPS) is 11.2. The van der Waals surface area contributed by atoms with E-state index >= 15 is 0 Å². The average molecular weight is 559 g/mol. The maximum absolute atomic E-state index is 2.40. The highest BCUT2D eigenvalue weighted by Crippen LogP contribution is 2.47. The molecule has 0 aliphatic rings. The first kappa shape index (κ1) is 25.9. The van der Waals surface area contributed by atoms with Gasteiger partial charge >= 0.3 is 0 Å². The lowest BCUT2D eigenvalue weighted by Crippen LogP contribution is -1.93. The lowest BCUT2D eigenvalue weighted by atomic mass is 9.82. The van der Waals surface area contributed by atoms with Crippen molar-refractivity contribution in [3.05, 3.63) is 182 Å². The minimum atomic E-state index is 1.22. The molecule has 0 N–H and O–H groups in total. The van der Waals surface area contributed by atoms with Crippen molar-refractivity contribution in [2.24, 2.45) is 0 Å². The summed E-state index contributed by atoms with van der Waals surface area (Å²) in [6, 6.07) is 65.9. The van der Waals surface area contributed by atoms with Gasteiger partial charge in [-0.05, 0) is 89.3 Å². The third kappa shape index (κ3) is 4.58. The Morgan fingerprint density at radius 2 is 0.659 bits per heavy atom. The molecule has 0 saturated heterocycles. The Morgan fingerprint density at radius 1 is 0.205 bits per heavy atom. The van der Waals surface area contributed by atoms with Crippen LogP contribution in [0, 0.1) is 0 Å². The molecule has 0 saturated carbocycles. The van der Waals surface area contributed by atoms with Crippen molar-refractivity contribution in [3.8, 4) is 55.6 Å². The zero-order chi connectivity index (χ0) is 29.3. The largest absolute Gasteiger partial charge is 0.0622 e. The molecule has 0 aliphatic heterocycles. The van der Waals surface area contributed by atoms with Gasteiger partial charge in [-0.2, -0.15) is 0 Å². The van der Waals surface area contributed by atoms with Crippen LogP contribution in [0.5, 0.6) is 0 Å². The quantitative estimate of drug-likeness (QED) is 0.184. The summed E-state index contributed by atoms with van der Waals surface area (Å²) in [5.41, 5.74) is 12.4. The molecular formula is C44H30. The van der Waals surface area contributed by atoms with Gasteiger partial charge in [0, 0.05) is 0 Å². The summed E-state index contributed by atoms with van der Waals surface area (Å²) in [6.45, 7) is 0. The lowest BCUT2D eigenvalue weighted by molar-refractivity contribution is 1.59. The number of rotatable bonds is 5. The van der Waals surface area contributed by atoms with Gasteiger partial charge < -0.3 is 0 Å². The molecule has 44 heavy (non-hydrogen) atoms. The molecule has 0 fully saturated rings. The highest BCUT2D eigenvalue weighted by atomic mass is 14.2. The molecule has 0 radical (unpaired) electrons. The summed E-state index contributed by atoms with van der Waals surface area (Å²) >= 11 is 0. The molecule has 0 heteroatoms. The minimum absolute atomic E-state index is 1.22. The van der Waals surface area contributed by atoms with Gasteiger partial charge in [0.05, 0.1) is 0 Å². The third-order valence-electron chi connectivity index (χ3n) is 8.67. The van der Waals surface area contributed by atoms with Gasteiger partial charge in [0.25, 0.3) is 0 Å². The summed E-state index contributed by atoms with van der Waals surface area (Å²) in [5, 5.41) is 5.03. The van der Waals surface area contributed by atoms with Crippen LogP contribution in [0.15, 0.2) is 182 Å². The Hall–Kier alpha value is -5.72. The zero-order valence-corrected chi connectivity index (χ0v) is 24.3. The van der Waals surface area contributed by atoms with Gasteiger partial charge in [0.1, 0.15) is 0 Å². The first-order valence-corrected chi connectivity index (χ1v) is 15.2. The summed E-state index contributed by atoms with van der Waals surface area (Å²) < 4.78 is 0. The number of hydrogen-bond donors (Lipinski definition) is 0. The topological polar surface area (TPSA) is 0 Å². The molecule has 0 nitrogen and oxygen atoms in total. The van der Waals surface area contributed by atoms with Gasteiger partial charge in [0.15, 0.2) is 0 Å². The highest BCUT2D eigenvalue weighted by molar-refractivity contribution is 6.23. The predicted octanol–water partition coefficient (Wildman–Crippen LogP) is 12.3. The lowest BCUT2D eigenvalue weighted by Gasteiger charge is -2.21. The molecule has 0 heterocycles. The molecule has 0 unspecified atom stereocenters. The van der Waals surface area contributed by atoms with E-state index in [9.17, 15) is 0 Å². The van der Waals surface area contributed by atoms with Gasteiger partial charge in [0.2, 0.25) is 0 Å². The maximum atomic E-state index is 2.40. The number of benzene rings is 8. The van der Waals surface area contributed by atoms with E-state index < -0.39 is 0 Å². The summed E-state index contributed by atoms with van der Waals surface area (Å²) in [6.07, 6.45) is 0. The van der Waals surface area contributed by atoms with Crippen molar-refractivity contribution in [2.75, 3.05) is 0 Å². The monoisotopic (exact) mass is 558 g/mol. The Balaban J connectivity index is 1.49. The molecule has 8 rings (SSSR count). The van der Waals surface area contributed by atoms with Crippen LogP contribution >= 0.6 is 0 Å². The van der Waals surface area contributed by atoms with E-state index in [0.717, 1.165) is 0 Å². The van der Waals surface area contributed by atoms with Crippen molar-refractivity contribution in [1.29, 1.82) is 0 Å². The van der Waals surface area contributed by atoms with E-state index in [1.165, 1.54) is 77.2 Å². The fraction of sp³-hybridized carbons (Fsp3) is 0. The standard InChI is InChI=1S/C44H30/c1-4-15-31(16-5-1)34-21-14-22-36(29-34)43-39-25-12-13-26-40(39)44(38-24-11-10-23-37(38)33-19-8-3-9-20-33)41-28-27-35(30-42(41)43)32-17-6-2-7-18-32/h1-30H. The molecule has 8 aromatic rings. The van der Waals surface area contributed by atoms with Crippen LogP contribution in [0.1, 0.15) is 0 Å². The van der Waals surface area contributed by atoms with Crippen LogP contribution in [-0.2, 0) is 0 Å². The minimum Gasteiger partial charge on any atom is -0.0622 e. The first-order chi connectivity index (χ1) is 21.8. The molecule has 0 spiro atoms. The van der Waals surface area contributed by atoms with Crippen molar-refractivity contribution in [2.45, 2.75) is 0 Å².